The van der Waals surface area contributed by atoms with Crippen LogP contribution in [0.4, 0.5) is 0 Å². The van der Waals surface area contributed by atoms with Gasteiger partial charge in [0.1, 0.15) is 5.01 Å². The van der Waals surface area contributed by atoms with Crippen molar-refractivity contribution in [3.8, 4) is 0 Å². The van der Waals surface area contributed by atoms with Crippen LogP contribution >= 0.6 is 23.1 Å². The Morgan fingerprint density at radius 2 is 1.92 bits per heavy atom. The van der Waals surface area contributed by atoms with Crippen LogP contribution in [0.25, 0.3) is 10.2 Å². The van der Waals surface area contributed by atoms with E-state index in [4.69, 9.17) is 4.74 Å². The Morgan fingerprint density at radius 3 is 2.73 bits per heavy atom. The molecule has 0 aliphatic carbocycles. The largest absolute Gasteiger partial charge is 0.377 e. The average molecular weight is 387 g/mol. The van der Waals surface area contributed by atoms with Crippen molar-refractivity contribution in [1.29, 1.82) is 0 Å². The van der Waals surface area contributed by atoms with Gasteiger partial charge in [0.15, 0.2) is 0 Å². The van der Waals surface area contributed by atoms with Crippen LogP contribution in [0.3, 0.4) is 0 Å². The summed E-state index contributed by atoms with van der Waals surface area (Å²) >= 11 is 3.29. The van der Waals surface area contributed by atoms with E-state index in [2.05, 4.69) is 16.4 Å². The molecule has 1 N–H and O–H groups in total. The summed E-state index contributed by atoms with van der Waals surface area (Å²) in [6, 6.07) is 16.2. The van der Waals surface area contributed by atoms with Crippen LogP contribution < -0.4 is 5.32 Å². The van der Waals surface area contributed by atoms with E-state index in [9.17, 15) is 4.79 Å². The van der Waals surface area contributed by atoms with E-state index in [0.29, 0.717) is 25.5 Å². The molecule has 1 heterocycles. The van der Waals surface area contributed by atoms with Crippen LogP contribution in [0, 0.1) is 0 Å². The van der Waals surface area contributed by atoms with E-state index in [1.165, 1.54) is 4.70 Å². The maximum Gasteiger partial charge on any atom is 0.230 e. The van der Waals surface area contributed by atoms with Gasteiger partial charge in [0.25, 0.3) is 0 Å². The molecule has 1 aromatic heterocycles. The number of hydrogen-bond acceptors (Lipinski definition) is 5. The van der Waals surface area contributed by atoms with E-state index in [0.717, 1.165) is 27.4 Å². The molecule has 0 aliphatic rings. The minimum absolute atomic E-state index is 0.0438. The maximum absolute atomic E-state index is 12.1. The number of hydrogen-bond donors (Lipinski definition) is 1. The minimum Gasteiger partial charge on any atom is -0.377 e. The van der Waals surface area contributed by atoms with Crippen molar-refractivity contribution in [2.45, 2.75) is 25.8 Å². The van der Waals surface area contributed by atoms with Crippen molar-refractivity contribution in [3.63, 3.8) is 0 Å². The summed E-state index contributed by atoms with van der Waals surface area (Å²) in [5.74, 6) is 1.24. The van der Waals surface area contributed by atoms with Gasteiger partial charge in [0, 0.05) is 18.9 Å². The lowest BCUT2D eigenvalue weighted by molar-refractivity contribution is -0.118. The number of aromatic nitrogens is 1. The van der Waals surface area contributed by atoms with Crippen LogP contribution in [0.1, 0.15) is 23.1 Å². The number of nitrogens with one attached hydrogen (secondary N) is 1. The van der Waals surface area contributed by atoms with Gasteiger partial charge in [0.2, 0.25) is 5.91 Å². The van der Waals surface area contributed by atoms with Crippen LogP contribution in [-0.2, 0) is 28.4 Å². The molecule has 0 radical (unpaired) electrons. The van der Waals surface area contributed by atoms with E-state index in [1.54, 1.807) is 23.1 Å². The molecule has 3 rings (SSSR count). The van der Waals surface area contributed by atoms with Gasteiger partial charge in [0.05, 0.1) is 22.6 Å². The summed E-state index contributed by atoms with van der Waals surface area (Å²) in [4.78, 5) is 16.7. The van der Waals surface area contributed by atoms with Gasteiger partial charge in [-0.25, -0.2) is 4.98 Å². The molecule has 0 unspecified atom stereocenters. The minimum atomic E-state index is 0.0438. The zero-order chi connectivity index (χ0) is 18.2. The first kappa shape index (κ1) is 18.9. The molecule has 2 aromatic carbocycles. The number of carbonyl (C=O) groups excluding carboxylic acids is 1. The Morgan fingerprint density at radius 1 is 1.15 bits per heavy atom. The molecule has 1 amide bonds. The SMILES string of the molecule is CCOCc1ccccc1CNC(=O)CSCc1nc2ccccc2s1. The lowest BCUT2D eigenvalue weighted by Crippen LogP contribution is -2.25. The fourth-order valence-corrected chi connectivity index (χ4v) is 4.42. The van der Waals surface area contributed by atoms with Gasteiger partial charge < -0.3 is 10.1 Å². The highest BCUT2D eigenvalue weighted by Crippen LogP contribution is 2.24. The second-order valence-electron chi connectivity index (χ2n) is 5.75. The predicted octanol–water partition coefficient (Wildman–Crippen LogP) is 4.38. The molecule has 136 valence electrons. The lowest BCUT2D eigenvalue weighted by Gasteiger charge is -2.10. The Labute approximate surface area is 162 Å². The summed E-state index contributed by atoms with van der Waals surface area (Å²) in [5, 5.41) is 4.06. The molecule has 0 saturated heterocycles. The molecule has 0 aliphatic heterocycles. The Bertz CT molecular complexity index is 831. The first-order valence-corrected chi connectivity index (χ1v) is 10.6. The third-order valence-corrected chi connectivity index (χ3v) is 6.02. The monoisotopic (exact) mass is 386 g/mol. The number of para-hydroxylation sites is 1. The molecule has 0 bridgehead atoms. The topological polar surface area (TPSA) is 51.2 Å². The van der Waals surface area contributed by atoms with E-state index in [-0.39, 0.29) is 5.91 Å². The van der Waals surface area contributed by atoms with Crippen molar-refractivity contribution in [1.82, 2.24) is 10.3 Å². The maximum atomic E-state index is 12.1. The number of carbonyl (C=O) groups is 1. The van der Waals surface area contributed by atoms with Crippen LogP contribution in [0.15, 0.2) is 48.5 Å². The predicted molar refractivity (Wildman–Crippen MR) is 109 cm³/mol. The molecule has 26 heavy (non-hydrogen) atoms. The molecule has 3 aromatic rings. The molecule has 4 nitrogen and oxygen atoms in total. The zero-order valence-electron chi connectivity index (χ0n) is 14.7. The number of thiazole rings is 1. The normalized spacial score (nSPS) is 11.0. The van der Waals surface area contributed by atoms with Crippen molar-refractivity contribution in [2.75, 3.05) is 12.4 Å². The van der Waals surface area contributed by atoms with Crippen molar-refractivity contribution in [2.24, 2.45) is 0 Å². The summed E-state index contributed by atoms with van der Waals surface area (Å²) in [7, 11) is 0. The number of benzene rings is 2. The van der Waals surface area contributed by atoms with Gasteiger partial charge in [-0.1, -0.05) is 36.4 Å². The van der Waals surface area contributed by atoms with Gasteiger partial charge in [-0.2, -0.15) is 0 Å². The fourth-order valence-electron chi connectivity index (χ4n) is 2.54. The number of thioether (sulfide) groups is 1. The summed E-state index contributed by atoms with van der Waals surface area (Å²) in [6.45, 7) is 3.77. The quantitative estimate of drug-likeness (QED) is 0.593. The van der Waals surface area contributed by atoms with Crippen molar-refractivity contribution in [3.05, 3.63) is 64.7 Å². The molecule has 0 saturated carbocycles. The first-order chi connectivity index (χ1) is 12.8. The zero-order valence-corrected chi connectivity index (χ0v) is 16.4. The van der Waals surface area contributed by atoms with Crippen LogP contribution in [-0.4, -0.2) is 23.3 Å². The molecule has 0 atom stereocenters. The van der Waals surface area contributed by atoms with E-state index in [1.807, 2.05) is 49.4 Å². The molecule has 0 spiro atoms. The fraction of sp³-hybridized carbons (Fsp3) is 0.300. The second-order valence-corrected chi connectivity index (χ2v) is 7.85. The van der Waals surface area contributed by atoms with Crippen LogP contribution in [0.5, 0.6) is 0 Å². The van der Waals surface area contributed by atoms with Crippen LogP contribution in [0.2, 0.25) is 0 Å². The summed E-state index contributed by atoms with van der Waals surface area (Å²) in [5.41, 5.74) is 3.26. The second kappa shape index (κ2) is 9.71. The number of fused-ring (bicyclic) bond motifs is 1. The first-order valence-electron chi connectivity index (χ1n) is 8.59. The highest BCUT2D eigenvalue weighted by molar-refractivity contribution is 7.99. The highest BCUT2D eigenvalue weighted by Gasteiger charge is 2.07. The third-order valence-electron chi connectivity index (χ3n) is 3.85. The molecule has 0 fully saturated rings. The Kier molecular flexibility index (Phi) is 7.05. The van der Waals surface area contributed by atoms with Crippen molar-refractivity contribution >= 4 is 39.2 Å². The number of nitrogens with zero attached hydrogens (tertiary/aromatic N) is 1. The summed E-state index contributed by atoms with van der Waals surface area (Å²) in [6.07, 6.45) is 0. The average Bonchev–Trinajstić information content (AvgIpc) is 3.08. The van der Waals surface area contributed by atoms with E-state index < -0.39 is 0 Å². The van der Waals surface area contributed by atoms with Gasteiger partial charge in [-0.05, 0) is 30.2 Å². The number of ether oxygens (including phenoxy) is 1. The smallest absolute Gasteiger partial charge is 0.230 e. The Hall–Kier alpha value is -1.89. The van der Waals surface area contributed by atoms with Gasteiger partial charge in [-0.15, -0.1) is 23.1 Å². The van der Waals surface area contributed by atoms with Gasteiger partial charge >= 0.3 is 0 Å². The standard InChI is InChI=1S/C20H22N2O2S2/c1-2-24-12-16-8-4-3-7-15(16)11-21-19(23)13-25-14-20-22-17-9-5-6-10-18(17)26-20/h3-10H,2,11-14H2,1H3,(H,21,23). The molecular weight excluding hydrogens is 364 g/mol. The van der Waals surface area contributed by atoms with Crippen molar-refractivity contribution < 1.29 is 9.53 Å². The molecule has 6 heteroatoms. The third kappa shape index (κ3) is 5.30. The number of rotatable bonds is 9. The number of amides is 1. The Balaban J connectivity index is 1.44. The van der Waals surface area contributed by atoms with E-state index >= 15 is 0 Å². The van der Waals surface area contributed by atoms with Gasteiger partial charge in [-0.3, -0.25) is 4.79 Å². The highest BCUT2D eigenvalue weighted by atomic mass is 32.2. The lowest BCUT2D eigenvalue weighted by atomic mass is 10.1. The molecular formula is C20H22N2O2S2. The summed E-state index contributed by atoms with van der Waals surface area (Å²) < 4.78 is 6.68.